The molecular weight excluding hydrogens is 395 g/mol. The van der Waals surface area contributed by atoms with Crippen molar-refractivity contribution in [2.24, 2.45) is 5.92 Å². The van der Waals surface area contributed by atoms with Crippen molar-refractivity contribution in [1.29, 1.82) is 0 Å². The van der Waals surface area contributed by atoms with E-state index in [9.17, 15) is 9.18 Å². The summed E-state index contributed by atoms with van der Waals surface area (Å²) in [6.45, 7) is 5.14. The zero-order valence-corrected chi connectivity index (χ0v) is 17.5. The monoisotopic (exact) mass is 422 g/mol. The number of aromatic nitrogens is 2. The zero-order chi connectivity index (χ0) is 21.2. The van der Waals surface area contributed by atoms with Crippen LogP contribution in [0, 0.1) is 11.7 Å². The summed E-state index contributed by atoms with van der Waals surface area (Å²) in [4.78, 5) is 22.0. The van der Waals surface area contributed by atoms with Crippen molar-refractivity contribution < 1.29 is 13.9 Å². The third-order valence-electron chi connectivity index (χ3n) is 6.34. The Kier molecular flexibility index (Phi) is 5.70. The molecule has 0 spiro atoms. The van der Waals surface area contributed by atoms with Gasteiger partial charge in [-0.15, -0.1) is 0 Å². The minimum atomic E-state index is -0.248. The second kappa shape index (κ2) is 8.77. The van der Waals surface area contributed by atoms with Gasteiger partial charge in [0, 0.05) is 24.7 Å². The van der Waals surface area contributed by atoms with Gasteiger partial charge < -0.3 is 9.64 Å². The van der Waals surface area contributed by atoms with Crippen molar-refractivity contribution >= 4 is 16.9 Å². The van der Waals surface area contributed by atoms with Gasteiger partial charge in [-0.25, -0.2) is 9.37 Å². The Morgan fingerprint density at radius 1 is 1.00 bits per heavy atom. The molecule has 0 saturated carbocycles. The predicted octanol–water partition coefficient (Wildman–Crippen LogP) is 3.24. The predicted molar refractivity (Wildman–Crippen MR) is 116 cm³/mol. The van der Waals surface area contributed by atoms with Crippen molar-refractivity contribution in [2.75, 3.05) is 39.4 Å². The molecule has 162 valence electrons. The van der Waals surface area contributed by atoms with E-state index in [0.717, 1.165) is 48.5 Å². The van der Waals surface area contributed by atoms with Gasteiger partial charge in [0.25, 0.3) is 0 Å². The average Bonchev–Trinajstić information content (AvgIpc) is 3.18. The third kappa shape index (κ3) is 4.20. The molecule has 2 saturated heterocycles. The number of halogens is 1. The van der Waals surface area contributed by atoms with Gasteiger partial charge in [0.2, 0.25) is 5.91 Å². The highest BCUT2D eigenvalue weighted by molar-refractivity contribution is 5.79. The van der Waals surface area contributed by atoms with Crippen LogP contribution in [0.4, 0.5) is 4.39 Å². The number of nitrogens with zero attached hydrogens (tertiary/aromatic N) is 4. The molecule has 0 atom stereocenters. The number of benzene rings is 2. The lowest BCUT2D eigenvalue weighted by Crippen LogP contribution is -2.46. The molecule has 2 aliphatic rings. The molecule has 2 aromatic carbocycles. The molecule has 31 heavy (non-hydrogen) atoms. The van der Waals surface area contributed by atoms with E-state index < -0.39 is 0 Å². The maximum Gasteiger partial charge on any atom is 0.225 e. The first-order chi connectivity index (χ1) is 15.2. The van der Waals surface area contributed by atoms with Gasteiger partial charge in [0.15, 0.2) is 0 Å². The van der Waals surface area contributed by atoms with E-state index in [-0.39, 0.29) is 17.6 Å². The summed E-state index contributed by atoms with van der Waals surface area (Å²) in [6.07, 6.45) is 1.74. The number of carbonyl (C=O) groups excluding carboxylic acids is 1. The van der Waals surface area contributed by atoms with Crippen molar-refractivity contribution in [1.82, 2.24) is 19.4 Å². The highest BCUT2D eigenvalue weighted by Crippen LogP contribution is 2.25. The second-order valence-electron chi connectivity index (χ2n) is 8.32. The summed E-state index contributed by atoms with van der Waals surface area (Å²) >= 11 is 0. The van der Waals surface area contributed by atoms with Gasteiger partial charge in [-0.05, 0) is 62.3 Å². The first-order valence-corrected chi connectivity index (χ1v) is 11.0. The van der Waals surface area contributed by atoms with Gasteiger partial charge in [-0.1, -0.05) is 12.1 Å². The topological polar surface area (TPSA) is 50.6 Å². The summed E-state index contributed by atoms with van der Waals surface area (Å²) in [7, 11) is 0. The number of fused-ring (bicyclic) bond motifs is 1. The Balaban J connectivity index is 1.32. The molecule has 3 heterocycles. The molecule has 0 radical (unpaired) electrons. The van der Waals surface area contributed by atoms with Gasteiger partial charge in [-0.3, -0.25) is 14.3 Å². The van der Waals surface area contributed by atoms with Crippen LogP contribution < -0.4 is 0 Å². The number of amides is 1. The molecule has 7 heteroatoms. The fourth-order valence-electron chi connectivity index (χ4n) is 4.64. The van der Waals surface area contributed by atoms with Gasteiger partial charge in [-0.2, -0.15) is 0 Å². The number of morpholine rings is 1. The number of carbonyl (C=O) groups is 1. The van der Waals surface area contributed by atoms with Gasteiger partial charge in [0.05, 0.1) is 30.8 Å². The first kappa shape index (κ1) is 20.2. The van der Waals surface area contributed by atoms with Crippen LogP contribution in [-0.4, -0.2) is 64.7 Å². The van der Waals surface area contributed by atoms with Crippen LogP contribution in [0.2, 0.25) is 0 Å². The molecule has 0 aliphatic carbocycles. The van der Waals surface area contributed by atoms with E-state index in [0.29, 0.717) is 32.8 Å². The maximum absolute atomic E-state index is 13.5. The minimum Gasteiger partial charge on any atom is -0.378 e. The second-order valence-corrected chi connectivity index (χ2v) is 8.32. The Hall–Kier alpha value is -2.77. The van der Waals surface area contributed by atoms with E-state index in [1.54, 1.807) is 12.1 Å². The van der Waals surface area contributed by atoms with E-state index in [1.807, 2.05) is 29.2 Å². The number of hydrogen-bond donors (Lipinski definition) is 0. The summed E-state index contributed by atoms with van der Waals surface area (Å²) < 4.78 is 21.0. The molecule has 2 aliphatic heterocycles. The molecule has 5 rings (SSSR count). The van der Waals surface area contributed by atoms with Crippen molar-refractivity contribution in [3.05, 3.63) is 60.2 Å². The van der Waals surface area contributed by atoms with Gasteiger partial charge in [0.1, 0.15) is 11.6 Å². The maximum atomic E-state index is 13.5. The van der Waals surface area contributed by atoms with Crippen LogP contribution in [0.25, 0.3) is 16.7 Å². The summed E-state index contributed by atoms with van der Waals surface area (Å²) in [5.74, 6) is 1.07. The largest absolute Gasteiger partial charge is 0.378 e. The first-order valence-electron chi connectivity index (χ1n) is 11.0. The fourth-order valence-corrected chi connectivity index (χ4v) is 4.64. The smallest absolute Gasteiger partial charge is 0.225 e. The Labute approximate surface area is 181 Å². The van der Waals surface area contributed by atoms with Crippen molar-refractivity contribution in [3.63, 3.8) is 0 Å². The highest BCUT2D eigenvalue weighted by atomic mass is 19.1. The molecule has 0 unspecified atom stereocenters. The average molecular weight is 423 g/mol. The summed E-state index contributed by atoms with van der Waals surface area (Å²) in [5.41, 5.74) is 2.85. The SMILES string of the molecule is O=C(C1CCN(Cc2nc3ccccc3n2-c2ccc(F)cc2)CC1)N1CCOCC1. The minimum absolute atomic E-state index is 0.102. The summed E-state index contributed by atoms with van der Waals surface area (Å²) in [5, 5.41) is 0. The lowest BCUT2D eigenvalue weighted by atomic mass is 9.95. The van der Waals surface area contributed by atoms with Crippen molar-refractivity contribution in [2.45, 2.75) is 19.4 Å². The summed E-state index contributed by atoms with van der Waals surface area (Å²) in [6, 6.07) is 14.6. The molecule has 0 bridgehead atoms. The fraction of sp³-hybridized carbons (Fsp3) is 0.417. The lowest BCUT2D eigenvalue weighted by Gasteiger charge is -2.35. The third-order valence-corrected chi connectivity index (χ3v) is 6.34. The number of piperidine rings is 1. The van der Waals surface area contributed by atoms with E-state index in [4.69, 9.17) is 9.72 Å². The van der Waals surface area contributed by atoms with Crippen molar-refractivity contribution in [3.8, 4) is 5.69 Å². The van der Waals surface area contributed by atoms with Crippen LogP contribution in [0.15, 0.2) is 48.5 Å². The quantitative estimate of drug-likeness (QED) is 0.648. The number of rotatable bonds is 4. The van der Waals surface area contributed by atoms with E-state index >= 15 is 0 Å². The normalized spacial score (nSPS) is 18.5. The molecule has 1 amide bonds. The Morgan fingerprint density at radius 2 is 1.71 bits per heavy atom. The van der Waals surface area contributed by atoms with Crippen LogP contribution >= 0.6 is 0 Å². The number of para-hydroxylation sites is 2. The van der Waals surface area contributed by atoms with Crippen LogP contribution in [0.5, 0.6) is 0 Å². The van der Waals surface area contributed by atoms with E-state index in [2.05, 4.69) is 9.47 Å². The van der Waals surface area contributed by atoms with Crippen LogP contribution in [0.1, 0.15) is 18.7 Å². The highest BCUT2D eigenvalue weighted by Gasteiger charge is 2.30. The number of imidazole rings is 1. The molecular formula is C24H27FN4O2. The number of ether oxygens (including phenoxy) is 1. The van der Waals surface area contributed by atoms with Crippen LogP contribution in [-0.2, 0) is 16.1 Å². The molecule has 0 N–H and O–H groups in total. The van der Waals surface area contributed by atoms with Crippen LogP contribution in [0.3, 0.4) is 0 Å². The molecule has 3 aromatic rings. The Bertz CT molecular complexity index is 1050. The molecule has 2 fully saturated rings. The lowest BCUT2D eigenvalue weighted by molar-refractivity contribution is -0.141. The molecule has 1 aromatic heterocycles. The Morgan fingerprint density at radius 3 is 2.45 bits per heavy atom. The van der Waals surface area contributed by atoms with Gasteiger partial charge >= 0.3 is 0 Å². The zero-order valence-electron chi connectivity index (χ0n) is 17.5. The standard InChI is InChI=1S/C24H27FN4O2/c25-19-5-7-20(8-6-19)29-22-4-2-1-3-21(22)26-23(29)17-27-11-9-18(10-12-27)24(30)28-13-15-31-16-14-28/h1-8,18H,9-17H2. The number of likely N-dealkylation sites (tertiary alicyclic amines) is 1. The van der Waals surface area contributed by atoms with E-state index in [1.165, 1.54) is 12.1 Å². The number of hydrogen-bond acceptors (Lipinski definition) is 4. The molecule has 6 nitrogen and oxygen atoms in total.